The first-order valence-electron chi connectivity index (χ1n) is 9.54. The molecule has 4 rings (SSSR count). The SMILES string of the molecule is Cl.NC1CC2CCCC(C1)C2NC(=O)CCN1C(=O)c2ccccc2C1=O. The van der Waals surface area contributed by atoms with Gasteiger partial charge in [0.05, 0.1) is 11.1 Å². The van der Waals surface area contributed by atoms with Gasteiger partial charge in [0.1, 0.15) is 0 Å². The lowest BCUT2D eigenvalue weighted by Crippen LogP contribution is -2.54. The molecule has 0 saturated heterocycles. The van der Waals surface area contributed by atoms with Crippen molar-refractivity contribution in [1.82, 2.24) is 10.2 Å². The van der Waals surface area contributed by atoms with Crippen molar-refractivity contribution in [3.8, 4) is 0 Å². The normalized spacial score (nSPS) is 29.1. The van der Waals surface area contributed by atoms with Crippen LogP contribution < -0.4 is 11.1 Å². The van der Waals surface area contributed by atoms with E-state index >= 15 is 0 Å². The molecule has 0 radical (unpaired) electrons. The maximum atomic E-state index is 12.5. The lowest BCUT2D eigenvalue weighted by atomic mass is 9.67. The van der Waals surface area contributed by atoms with Crippen molar-refractivity contribution in [2.45, 2.75) is 50.6 Å². The molecule has 27 heavy (non-hydrogen) atoms. The zero-order chi connectivity index (χ0) is 18.3. The predicted octanol–water partition coefficient (Wildman–Crippen LogP) is 2.12. The number of halogens is 1. The molecule has 3 aliphatic rings. The number of nitrogens with two attached hydrogens (primary N) is 1. The van der Waals surface area contributed by atoms with Crippen LogP contribution in [-0.4, -0.2) is 41.2 Å². The first-order chi connectivity index (χ1) is 12.5. The first kappa shape index (κ1) is 19.8. The Morgan fingerprint density at radius 2 is 1.63 bits per heavy atom. The topological polar surface area (TPSA) is 92.5 Å². The summed E-state index contributed by atoms with van der Waals surface area (Å²) in [6.45, 7) is 0.125. The highest BCUT2D eigenvalue weighted by Gasteiger charge is 2.40. The number of rotatable bonds is 4. The largest absolute Gasteiger partial charge is 0.353 e. The minimum Gasteiger partial charge on any atom is -0.353 e. The molecular formula is C20H26ClN3O3. The Balaban J connectivity index is 0.00000210. The summed E-state index contributed by atoms with van der Waals surface area (Å²) in [7, 11) is 0. The summed E-state index contributed by atoms with van der Waals surface area (Å²) in [6.07, 6.45) is 5.54. The van der Waals surface area contributed by atoms with Crippen molar-refractivity contribution in [2.75, 3.05) is 6.54 Å². The molecule has 2 saturated carbocycles. The molecule has 0 aromatic heterocycles. The summed E-state index contributed by atoms with van der Waals surface area (Å²) >= 11 is 0. The lowest BCUT2D eigenvalue weighted by Gasteiger charge is -2.45. The van der Waals surface area contributed by atoms with Crippen molar-refractivity contribution in [3.05, 3.63) is 35.4 Å². The number of hydrogen-bond acceptors (Lipinski definition) is 4. The van der Waals surface area contributed by atoms with E-state index in [4.69, 9.17) is 5.73 Å². The van der Waals surface area contributed by atoms with Gasteiger partial charge >= 0.3 is 0 Å². The Morgan fingerprint density at radius 1 is 1.07 bits per heavy atom. The van der Waals surface area contributed by atoms with E-state index in [9.17, 15) is 14.4 Å². The standard InChI is InChI=1S/C20H25N3O3.ClH/c21-14-10-12-4-3-5-13(11-14)18(12)22-17(24)8-9-23-19(25)15-6-1-2-7-16(15)20(23)26;/h1-2,6-7,12-14,18H,3-5,8-11,21H2,(H,22,24);1H. The Hall–Kier alpha value is -1.92. The molecular weight excluding hydrogens is 366 g/mol. The van der Waals surface area contributed by atoms with Crippen LogP contribution >= 0.6 is 12.4 Å². The second-order valence-electron chi connectivity index (χ2n) is 7.83. The molecule has 7 heteroatoms. The molecule has 3 N–H and O–H groups in total. The van der Waals surface area contributed by atoms with Gasteiger partial charge in [-0.25, -0.2) is 0 Å². The number of carbonyl (C=O) groups is 3. The highest BCUT2D eigenvalue weighted by Crippen LogP contribution is 2.39. The minimum atomic E-state index is -0.307. The van der Waals surface area contributed by atoms with E-state index in [1.54, 1.807) is 24.3 Å². The molecule has 3 amide bonds. The van der Waals surface area contributed by atoms with Gasteiger partial charge in [-0.1, -0.05) is 18.6 Å². The number of benzene rings is 1. The van der Waals surface area contributed by atoms with E-state index in [1.807, 2.05) is 0 Å². The van der Waals surface area contributed by atoms with Crippen LogP contribution in [0.2, 0.25) is 0 Å². The summed E-state index contributed by atoms with van der Waals surface area (Å²) in [6, 6.07) is 7.24. The molecule has 2 unspecified atom stereocenters. The van der Waals surface area contributed by atoms with E-state index in [-0.39, 0.29) is 55.2 Å². The van der Waals surface area contributed by atoms with Crippen molar-refractivity contribution in [2.24, 2.45) is 17.6 Å². The molecule has 1 aliphatic heterocycles. The molecule has 6 nitrogen and oxygen atoms in total. The lowest BCUT2D eigenvalue weighted by molar-refractivity contribution is -0.123. The van der Waals surface area contributed by atoms with Crippen LogP contribution in [-0.2, 0) is 4.79 Å². The highest BCUT2D eigenvalue weighted by atomic mass is 35.5. The number of imide groups is 1. The number of carbonyl (C=O) groups excluding carboxylic acids is 3. The van der Waals surface area contributed by atoms with Crippen molar-refractivity contribution >= 4 is 30.1 Å². The van der Waals surface area contributed by atoms with Crippen LogP contribution in [0.1, 0.15) is 59.2 Å². The molecule has 1 heterocycles. The maximum Gasteiger partial charge on any atom is 0.261 e. The predicted molar refractivity (Wildman–Crippen MR) is 104 cm³/mol. The van der Waals surface area contributed by atoms with Crippen molar-refractivity contribution in [3.63, 3.8) is 0 Å². The van der Waals surface area contributed by atoms with Crippen LogP contribution in [0.4, 0.5) is 0 Å². The van der Waals surface area contributed by atoms with Crippen LogP contribution in [0.25, 0.3) is 0 Å². The number of nitrogens with one attached hydrogen (secondary N) is 1. The molecule has 2 aliphatic carbocycles. The fraction of sp³-hybridized carbons (Fsp3) is 0.550. The Bertz CT molecular complexity index is 705. The van der Waals surface area contributed by atoms with E-state index in [0.717, 1.165) is 25.7 Å². The highest BCUT2D eigenvalue weighted by molar-refractivity contribution is 6.21. The van der Waals surface area contributed by atoms with E-state index < -0.39 is 0 Å². The minimum absolute atomic E-state index is 0. The van der Waals surface area contributed by atoms with Crippen LogP contribution in [0.5, 0.6) is 0 Å². The summed E-state index contributed by atoms with van der Waals surface area (Å²) in [5.74, 6) is 0.221. The summed E-state index contributed by atoms with van der Waals surface area (Å²) in [4.78, 5) is 38.4. The van der Waals surface area contributed by atoms with Gasteiger partial charge in [-0.15, -0.1) is 12.4 Å². The Labute approximate surface area is 165 Å². The summed E-state index contributed by atoms with van der Waals surface area (Å²) < 4.78 is 0. The Morgan fingerprint density at radius 3 is 2.19 bits per heavy atom. The quantitative estimate of drug-likeness (QED) is 0.769. The molecule has 146 valence electrons. The fourth-order valence-corrected chi connectivity index (χ4v) is 4.94. The van der Waals surface area contributed by atoms with Crippen LogP contribution in [0.3, 0.4) is 0 Å². The molecule has 2 bridgehead atoms. The van der Waals surface area contributed by atoms with Gasteiger partial charge in [0.2, 0.25) is 5.91 Å². The van der Waals surface area contributed by atoms with Crippen molar-refractivity contribution < 1.29 is 14.4 Å². The van der Waals surface area contributed by atoms with Gasteiger partial charge in [0.15, 0.2) is 0 Å². The summed E-state index contributed by atoms with van der Waals surface area (Å²) in [5, 5.41) is 3.17. The summed E-state index contributed by atoms with van der Waals surface area (Å²) in [5.41, 5.74) is 6.99. The third kappa shape index (κ3) is 3.73. The number of hydrogen-bond donors (Lipinski definition) is 2. The molecule has 1 aromatic carbocycles. The average Bonchev–Trinajstić information content (AvgIpc) is 2.85. The van der Waals surface area contributed by atoms with Crippen molar-refractivity contribution in [1.29, 1.82) is 0 Å². The van der Waals surface area contributed by atoms with Gasteiger partial charge in [-0.3, -0.25) is 19.3 Å². The maximum absolute atomic E-state index is 12.5. The van der Waals surface area contributed by atoms with Crippen LogP contribution in [0.15, 0.2) is 24.3 Å². The molecule has 0 spiro atoms. The van der Waals surface area contributed by atoms with Gasteiger partial charge in [-0.2, -0.15) is 0 Å². The molecule has 1 aromatic rings. The smallest absolute Gasteiger partial charge is 0.261 e. The second kappa shape index (κ2) is 7.98. The third-order valence-electron chi connectivity index (χ3n) is 6.14. The molecule has 2 fully saturated rings. The van der Waals surface area contributed by atoms with E-state index in [0.29, 0.717) is 23.0 Å². The zero-order valence-electron chi connectivity index (χ0n) is 15.2. The Kier molecular flexibility index (Phi) is 5.86. The van der Waals surface area contributed by atoms with E-state index in [1.165, 1.54) is 11.3 Å². The number of nitrogens with zero attached hydrogens (tertiary/aromatic N) is 1. The third-order valence-corrected chi connectivity index (χ3v) is 6.14. The average molecular weight is 392 g/mol. The number of amides is 3. The molecule has 2 atom stereocenters. The number of fused-ring (bicyclic) bond motifs is 3. The second-order valence-corrected chi connectivity index (χ2v) is 7.83. The van der Waals surface area contributed by atoms with E-state index in [2.05, 4.69) is 5.32 Å². The van der Waals surface area contributed by atoms with Gasteiger partial charge in [-0.05, 0) is 49.7 Å². The van der Waals surface area contributed by atoms with Crippen LogP contribution in [0, 0.1) is 11.8 Å². The fourth-order valence-electron chi connectivity index (χ4n) is 4.94. The monoisotopic (exact) mass is 391 g/mol. The zero-order valence-corrected chi connectivity index (χ0v) is 16.0. The van der Waals surface area contributed by atoms with Gasteiger partial charge in [0.25, 0.3) is 11.8 Å². The van der Waals surface area contributed by atoms with Gasteiger partial charge in [0, 0.05) is 25.0 Å². The first-order valence-corrected chi connectivity index (χ1v) is 9.54. The van der Waals surface area contributed by atoms with Gasteiger partial charge < -0.3 is 11.1 Å².